The van der Waals surface area contributed by atoms with E-state index in [1.165, 1.54) is 16.4 Å². The SMILES string of the molecule is CCOc1ccc(S(=O)(=O)N2CCOCC2)cc1NC(=O)CCCOc1ccc(Cl)cc1C. The fraction of sp³-hybridized carbons (Fsp3) is 0.435. The number of rotatable bonds is 10. The van der Waals surface area contributed by atoms with Gasteiger partial charge in [-0.05, 0) is 62.2 Å². The number of amides is 1. The molecule has 0 atom stereocenters. The van der Waals surface area contributed by atoms with Crippen LogP contribution in [0.2, 0.25) is 5.02 Å². The van der Waals surface area contributed by atoms with Crippen molar-refractivity contribution < 1.29 is 27.4 Å². The first kappa shape index (κ1) is 25.3. The normalized spacial score (nSPS) is 14.6. The molecule has 0 bridgehead atoms. The number of morpholine rings is 1. The molecule has 1 saturated heterocycles. The van der Waals surface area contributed by atoms with Crippen molar-refractivity contribution in [3.05, 3.63) is 47.0 Å². The van der Waals surface area contributed by atoms with E-state index >= 15 is 0 Å². The van der Waals surface area contributed by atoms with Crippen LogP contribution in [0, 0.1) is 6.92 Å². The Balaban J connectivity index is 1.63. The molecule has 0 spiro atoms. The van der Waals surface area contributed by atoms with Crippen molar-refractivity contribution in [1.29, 1.82) is 0 Å². The van der Waals surface area contributed by atoms with Crippen LogP contribution >= 0.6 is 11.6 Å². The molecule has 0 aromatic heterocycles. The Hall–Kier alpha value is -2.33. The quantitative estimate of drug-likeness (QED) is 0.502. The third kappa shape index (κ3) is 6.83. The molecular formula is C23H29ClN2O6S. The van der Waals surface area contributed by atoms with Gasteiger partial charge < -0.3 is 19.5 Å². The lowest BCUT2D eigenvalue weighted by molar-refractivity contribution is -0.116. The van der Waals surface area contributed by atoms with E-state index in [4.69, 9.17) is 25.8 Å². The van der Waals surface area contributed by atoms with Crippen LogP contribution in [0.5, 0.6) is 11.5 Å². The molecule has 180 valence electrons. The van der Waals surface area contributed by atoms with Gasteiger partial charge in [0, 0.05) is 24.5 Å². The van der Waals surface area contributed by atoms with Gasteiger partial charge in [0.05, 0.1) is 37.0 Å². The summed E-state index contributed by atoms with van der Waals surface area (Å²) in [5.74, 6) is 0.882. The van der Waals surface area contributed by atoms with E-state index in [1.54, 1.807) is 18.2 Å². The molecule has 1 heterocycles. The number of hydrogen-bond donors (Lipinski definition) is 1. The predicted octanol–water partition coefficient (Wildman–Crippen LogP) is 3.87. The van der Waals surface area contributed by atoms with Crippen molar-refractivity contribution in [3.63, 3.8) is 0 Å². The zero-order valence-electron chi connectivity index (χ0n) is 18.8. The van der Waals surface area contributed by atoms with Crippen LogP contribution in [0.25, 0.3) is 0 Å². The van der Waals surface area contributed by atoms with Gasteiger partial charge in [-0.2, -0.15) is 4.31 Å². The van der Waals surface area contributed by atoms with E-state index < -0.39 is 10.0 Å². The molecule has 0 radical (unpaired) electrons. The molecule has 2 aromatic carbocycles. The maximum absolute atomic E-state index is 13.0. The summed E-state index contributed by atoms with van der Waals surface area (Å²) in [5, 5.41) is 3.42. The molecule has 10 heteroatoms. The molecule has 1 fully saturated rings. The van der Waals surface area contributed by atoms with E-state index in [-0.39, 0.29) is 17.2 Å². The van der Waals surface area contributed by atoms with Gasteiger partial charge >= 0.3 is 0 Å². The lowest BCUT2D eigenvalue weighted by atomic mass is 10.2. The molecule has 3 rings (SSSR count). The summed E-state index contributed by atoms with van der Waals surface area (Å²) in [6.07, 6.45) is 0.697. The zero-order valence-corrected chi connectivity index (χ0v) is 20.4. The second-order valence-corrected chi connectivity index (χ2v) is 9.89. The summed E-state index contributed by atoms with van der Waals surface area (Å²) in [6.45, 7) is 5.77. The highest BCUT2D eigenvalue weighted by molar-refractivity contribution is 7.89. The molecule has 0 saturated carbocycles. The predicted molar refractivity (Wildman–Crippen MR) is 127 cm³/mol. The Kier molecular flexibility index (Phi) is 8.96. The standard InChI is InChI=1S/C23H29ClN2O6S/c1-3-31-22-9-7-19(33(28,29)26-10-13-30-14-11-26)16-20(22)25-23(27)5-4-12-32-21-8-6-18(24)15-17(21)2/h6-9,15-16H,3-5,10-14H2,1-2H3,(H,25,27). The van der Waals surface area contributed by atoms with Crippen molar-refractivity contribution in [1.82, 2.24) is 4.31 Å². The first-order valence-electron chi connectivity index (χ1n) is 10.8. The smallest absolute Gasteiger partial charge is 0.243 e. The third-order valence-corrected chi connectivity index (χ3v) is 7.21. The van der Waals surface area contributed by atoms with Crippen LogP contribution in [-0.4, -0.2) is 58.1 Å². The van der Waals surface area contributed by atoms with Crippen LogP contribution in [0.15, 0.2) is 41.3 Å². The molecular weight excluding hydrogens is 468 g/mol. The highest BCUT2D eigenvalue weighted by Gasteiger charge is 2.27. The average molecular weight is 497 g/mol. The number of nitrogens with zero attached hydrogens (tertiary/aromatic N) is 1. The second-order valence-electron chi connectivity index (χ2n) is 7.52. The minimum Gasteiger partial charge on any atom is -0.493 e. The fourth-order valence-electron chi connectivity index (χ4n) is 3.39. The number of carbonyl (C=O) groups excluding carboxylic acids is 1. The Morgan fingerprint density at radius 2 is 1.85 bits per heavy atom. The molecule has 2 aromatic rings. The Labute approximate surface area is 199 Å². The molecule has 1 N–H and O–H groups in total. The number of nitrogens with one attached hydrogen (secondary N) is 1. The number of sulfonamides is 1. The lowest BCUT2D eigenvalue weighted by Crippen LogP contribution is -2.40. The van der Waals surface area contributed by atoms with Gasteiger partial charge in [-0.25, -0.2) is 8.42 Å². The van der Waals surface area contributed by atoms with Crippen molar-refractivity contribution in [2.75, 3.05) is 44.8 Å². The van der Waals surface area contributed by atoms with E-state index in [2.05, 4.69) is 5.32 Å². The first-order chi connectivity index (χ1) is 15.8. The van der Waals surface area contributed by atoms with Crippen LogP contribution < -0.4 is 14.8 Å². The molecule has 33 heavy (non-hydrogen) atoms. The van der Waals surface area contributed by atoms with Crippen molar-refractivity contribution >= 4 is 33.2 Å². The number of aryl methyl sites for hydroxylation is 1. The number of carbonyl (C=O) groups is 1. The number of anilines is 1. The Bertz CT molecular complexity index is 1070. The third-order valence-electron chi connectivity index (χ3n) is 5.08. The molecule has 0 unspecified atom stereocenters. The largest absolute Gasteiger partial charge is 0.493 e. The molecule has 0 aliphatic carbocycles. The molecule has 1 aliphatic rings. The highest BCUT2D eigenvalue weighted by Crippen LogP contribution is 2.30. The number of hydrogen-bond acceptors (Lipinski definition) is 6. The van der Waals surface area contributed by atoms with Gasteiger partial charge in [-0.1, -0.05) is 11.6 Å². The number of ether oxygens (including phenoxy) is 3. The summed E-state index contributed by atoms with van der Waals surface area (Å²) in [6, 6.07) is 9.88. The van der Waals surface area contributed by atoms with E-state index in [0.29, 0.717) is 62.4 Å². The highest BCUT2D eigenvalue weighted by atomic mass is 35.5. The average Bonchev–Trinajstić information content (AvgIpc) is 2.79. The Morgan fingerprint density at radius 1 is 1.12 bits per heavy atom. The van der Waals surface area contributed by atoms with Gasteiger partial charge in [0.25, 0.3) is 0 Å². The van der Waals surface area contributed by atoms with Gasteiger partial charge in [0.2, 0.25) is 15.9 Å². The summed E-state index contributed by atoms with van der Waals surface area (Å²) >= 11 is 5.95. The zero-order chi connectivity index (χ0) is 23.8. The molecule has 1 aliphatic heterocycles. The van der Waals surface area contributed by atoms with Gasteiger partial charge in [0.1, 0.15) is 11.5 Å². The van der Waals surface area contributed by atoms with Crippen LogP contribution in [0.3, 0.4) is 0 Å². The fourth-order valence-corrected chi connectivity index (χ4v) is 5.05. The van der Waals surface area contributed by atoms with Crippen LogP contribution in [0.1, 0.15) is 25.3 Å². The van der Waals surface area contributed by atoms with Crippen LogP contribution in [-0.2, 0) is 19.6 Å². The minimum absolute atomic E-state index is 0.102. The summed E-state index contributed by atoms with van der Waals surface area (Å²) in [4.78, 5) is 12.6. The number of benzene rings is 2. The summed E-state index contributed by atoms with van der Waals surface area (Å²) in [5.41, 5.74) is 1.25. The maximum atomic E-state index is 13.0. The van der Waals surface area contributed by atoms with Crippen molar-refractivity contribution in [3.8, 4) is 11.5 Å². The summed E-state index contributed by atoms with van der Waals surface area (Å²) < 4.78 is 43.9. The monoisotopic (exact) mass is 496 g/mol. The number of halogens is 1. The topological polar surface area (TPSA) is 94.2 Å². The maximum Gasteiger partial charge on any atom is 0.243 e. The lowest BCUT2D eigenvalue weighted by Gasteiger charge is -2.26. The second kappa shape index (κ2) is 11.7. The van der Waals surface area contributed by atoms with Gasteiger partial charge in [-0.15, -0.1) is 0 Å². The minimum atomic E-state index is -3.69. The van der Waals surface area contributed by atoms with Crippen molar-refractivity contribution in [2.45, 2.75) is 31.6 Å². The first-order valence-corrected chi connectivity index (χ1v) is 12.7. The molecule has 8 nitrogen and oxygen atoms in total. The van der Waals surface area contributed by atoms with Crippen molar-refractivity contribution in [2.24, 2.45) is 0 Å². The van der Waals surface area contributed by atoms with Gasteiger partial charge in [0.15, 0.2) is 0 Å². The Morgan fingerprint density at radius 3 is 2.55 bits per heavy atom. The van der Waals surface area contributed by atoms with Gasteiger partial charge in [-0.3, -0.25) is 4.79 Å². The van der Waals surface area contributed by atoms with Crippen LogP contribution in [0.4, 0.5) is 5.69 Å². The van der Waals surface area contributed by atoms with E-state index in [9.17, 15) is 13.2 Å². The van der Waals surface area contributed by atoms with E-state index in [0.717, 1.165) is 11.3 Å². The van der Waals surface area contributed by atoms with E-state index in [1.807, 2.05) is 19.9 Å². The molecule has 1 amide bonds. The summed E-state index contributed by atoms with van der Waals surface area (Å²) in [7, 11) is -3.69.